The fourth-order valence-corrected chi connectivity index (χ4v) is 5.27. The lowest BCUT2D eigenvalue weighted by molar-refractivity contribution is -0.114. The largest absolute Gasteiger partial charge is 0.449 e. The maximum atomic E-state index is 13.4. The number of carbonyl (C=O) groups excluding carboxylic acids is 2. The molecular formula is C28H23Cl3N2O3. The molecule has 1 aliphatic rings. The maximum Gasteiger partial charge on any atom is 0.291 e. The van der Waals surface area contributed by atoms with Crippen LogP contribution in [0, 0.1) is 0 Å². The topological polar surface area (TPSA) is 62.6 Å². The van der Waals surface area contributed by atoms with Gasteiger partial charge < -0.3 is 14.6 Å². The lowest BCUT2D eigenvalue weighted by Crippen LogP contribution is -2.35. The third-order valence-electron chi connectivity index (χ3n) is 6.34. The van der Waals surface area contributed by atoms with Gasteiger partial charge in [0.1, 0.15) is 11.3 Å². The number of anilines is 1. The van der Waals surface area contributed by atoms with Crippen LogP contribution in [0.15, 0.2) is 59.0 Å². The molecule has 1 aliphatic heterocycles. The van der Waals surface area contributed by atoms with Crippen LogP contribution in [0.25, 0.3) is 33.2 Å². The summed E-state index contributed by atoms with van der Waals surface area (Å²) < 4.78 is 6.15. The predicted octanol–water partition coefficient (Wildman–Crippen LogP) is 8.31. The fraction of sp³-hybridized carbons (Fsp3) is 0.214. The van der Waals surface area contributed by atoms with Gasteiger partial charge in [-0.3, -0.25) is 9.59 Å². The number of nitrogens with zero attached hydrogens (tertiary/aromatic N) is 1. The van der Waals surface area contributed by atoms with Gasteiger partial charge in [-0.05, 0) is 72.4 Å². The van der Waals surface area contributed by atoms with Gasteiger partial charge >= 0.3 is 0 Å². The Morgan fingerprint density at radius 3 is 2.19 bits per heavy atom. The third-order valence-corrected chi connectivity index (χ3v) is 7.14. The van der Waals surface area contributed by atoms with Crippen molar-refractivity contribution in [3.8, 4) is 22.3 Å². The molecule has 1 saturated heterocycles. The van der Waals surface area contributed by atoms with Crippen LogP contribution >= 0.6 is 34.8 Å². The molecule has 3 aromatic carbocycles. The Balaban J connectivity index is 1.76. The normalized spacial score (nSPS) is 13.7. The van der Waals surface area contributed by atoms with Gasteiger partial charge in [-0.15, -0.1) is 0 Å². The molecule has 5 rings (SSSR count). The summed E-state index contributed by atoms with van der Waals surface area (Å²) in [6, 6.07) is 16.5. The third kappa shape index (κ3) is 4.83. The highest BCUT2D eigenvalue weighted by Crippen LogP contribution is 2.43. The molecular weight excluding hydrogens is 519 g/mol. The van der Waals surface area contributed by atoms with E-state index in [2.05, 4.69) is 5.32 Å². The lowest BCUT2D eigenvalue weighted by Gasteiger charge is -2.26. The molecule has 1 fully saturated rings. The summed E-state index contributed by atoms with van der Waals surface area (Å²) in [5, 5.41) is 5.09. The van der Waals surface area contributed by atoms with Gasteiger partial charge in [-0.2, -0.15) is 0 Å². The van der Waals surface area contributed by atoms with E-state index in [4.69, 9.17) is 39.2 Å². The highest BCUT2D eigenvalue weighted by atomic mass is 35.5. The van der Waals surface area contributed by atoms with Crippen LogP contribution in [0.4, 0.5) is 5.69 Å². The van der Waals surface area contributed by atoms with E-state index in [1.165, 1.54) is 6.92 Å². The van der Waals surface area contributed by atoms with Crippen LogP contribution in [0.1, 0.15) is 36.7 Å². The number of hydrogen-bond donors (Lipinski definition) is 1. The lowest BCUT2D eigenvalue weighted by atomic mass is 9.93. The fourth-order valence-electron chi connectivity index (χ4n) is 4.63. The summed E-state index contributed by atoms with van der Waals surface area (Å²) in [7, 11) is 0. The first-order valence-electron chi connectivity index (χ1n) is 11.7. The second-order valence-electron chi connectivity index (χ2n) is 8.87. The summed E-state index contributed by atoms with van der Waals surface area (Å²) in [6.45, 7) is 2.74. The average molecular weight is 542 g/mol. The van der Waals surface area contributed by atoms with Crippen molar-refractivity contribution in [3.63, 3.8) is 0 Å². The Hall–Kier alpha value is -2.99. The van der Waals surface area contributed by atoms with Crippen molar-refractivity contribution in [2.75, 3.05) is 18.4 Å². The van der Waals surface area contributed by atoms with Crippen molar-refractivity contribution in [2.45, 2.75) is 26.2 Å². The van der Waals surface area contributed by atoms with Gasteiger partial charge in [0.05, 0.1) is 0 Å². The summed E-state index contributed by atoms with van der Waals surface area (Å²) in [5.41, 5.74) is 4.13. The summed E-state index contributed by atoms with van der Waals surface area (Å²) in [5.74, 6) is -0.388. The smallest absolute Gasteiger partial charge is 0.291 e. The molecule has 8 heteroatoms. The van der Waals surface area contributed by atoms with Crippen LogP contribution in [0.5, 0.6) is 0 Å². The van der Waals surface area contributed by atoms with Crippen molar-refractivity contribution in [3.05, 3.63) is 75.4 Å². The molecule has 1 N–H and O–H groups in total. The van der Waals surface area contributed by atoms with Crippen molar-refractivity contribution < 1.29 is 14.0 Å². The second-order valence-corrected chi connectivity index (χ2v) is 10.1. The number of carbonyl (C=O) groups is 2. The average Bonchev–Trinajstić information content (AvgIpc) is 3.20. The first-order valence-corrected chi connectivity index (χ1v) is 12.8. The molecule has 184 valence electrons. The number of fused-ring (bicyclic) bond motifs is 1. The van der Waals surface area contributed by atoms with E-state index in [9.17, 15) is 9.59 Å². The van der Waals surface area contributed by atoms with E-state index < -0.39 is 0 Å². The molecule has 2 amide bonds. The summed E-state index contributed by atoms with van der Waals surface area (Å²) >= 11 is 18.9. The van der Waals surface area contributed by atoms with Crippen LogP contribution in [0.2, 0.25) is 15.1 Å². The minimum atomic E-state index is -0.289. The Labute approximate surface area is 223 Å². The Morgan fingerprint density at radius 1 is 0.833 bits per heavy atom. The first kappa shape index (κ1) is 24.7. The van der Waals surface area contributed by atoms with Gasteiger partial charge in [-0.25, -0.2) is 0 Å². The molecule has 0 radical (unpaired) electrons. The van der Waals surface area contributed by atoms with Crippen LogP contribution in [-0.4, -0.2) is 29.8 Å². The highest BCUT2D eigenvalue weighted by molar-refractivity contribution is 6.36. The Bertz CT molecular complexity index is 1470. The number of rotatable bonds is 4. The molecule has 36 heavy (non-hydrogen) atoms. The number of hydrogen-bond acceptors (Lipinski definition) is 3. The van der Waals surface area contributed by atoms with Gasteiger partial charge in [0.15, 0.2) is 0 Å². The number of amides is 2. The number of likely N-dealkylation sites (tertiary alicyclic amines) is 1. The minimum absolute atomic E-state index is 0.128. The number of halogens is 3. The van der Waals surface area contributed by atoms with Crippen LogP contribution < -0.4 is 5.32 Å². The van der Waals surface area contributed by atoms with Gasteiger partial charge in [0.2, 0.25) is 11.7 Å². The number of piperidine rings is 1. The summed E-state index contributed by atoms with van der Waals surface area (Å²) in [4.78, 5) is 27.4. The zero-order chi connectivity index (χ0) is 25.4. The van der Waals surface area contributed by atoms with E-state index >= 15 is 0 Å². The monoisotopic (exact) mass is 540 g/mol. The van der Waals surface area contributed by atoms with Crippen molar-refractivity contribution >= 4 is 63.3 Å². The van der Waals surface area contributed by atoms with Gasteiger partial charge in [0.25, 0.3) is 5.91 Å². The predicted molar refractivity (Wildman–Crippen MR) is 146 cm³/mol. The maximum absolute atomic E-state index is 13.4. The minimum Gasteiger partial charge on any atom is -0.449 e. The van der Waals surface area contributed by atoms with E-state index in [1.807, 2.05) is 42.5 Å². The summed E-state index contributed by atoms with van der Waals surface area (Å²) in [6.07, 6.45) is 2.99. The second kappa shape index (κ2) is 10.2. The molecule has 0 spiro atoms. The standard InChI is InChI=1S/C28H23Cl3N2O3/c1-16(34)32-26-23-14-21(17-5-7-18(29)8-6-17)22(20-10-9-19(30)13-24(20)31)15-25(23)36-27(26)28(35)33-11-3-2-4-12-33/h5-10,13-15H,2-4,11-12H2,1H3,(H,32,34). The molecule has 5 nitrogen and oxygen atoms in total. The zero-order valence-electron chi connectivity index (χ0n) is 19.5. The molecule has 4 aromatic rings. The molecule has 0 aliphatic carbocycles. The van der Waals surface area contributed by atoms with E-state index in [-0.39, 0.29) is 17.6 Å². The van der Waals surface area contributed by atoms with E-state index in [1.54, 1.807) is 17.0 Å². The van der Waals surface area contributed by atoms with Crippen molar-refractivity contribution in [1.29, 1.82) is 0 Å². The SMILES string of the molecule is CC(=O)Nc1c(C(=O)N2CCCCC2)oc2cc(-c3ccc(Cl)cc3Cl)c(-c3ccc(Cl)cc3)cc12. The Morgan fingerprint density at radius 2 is 1.53 bits per heavy atom. The van der Waals surface area contributed by atoms with Crippen molar-refractivity contribution in [1.82, 2.24) is 4.90 Å². The molecule has 2 heterocycles. The number of benzene rings is 3. The first-order chi connectivity index (χ1) is 17.3. The van der Waals surface area contributed by atoms with Gasteiger partial charge in [0, 0.05) is 46.0 Å². The quantitative estimate of drug-likeness (QED) is 0.282. The Kier molecular flexibility index (Phi) is 6.98. The molecule has 0 bridgehead atoms. The molecule has 0 atom stereocenters. The van der Waals surface area contributed by atoms with Crippen LogP contribution in [0.3, 0.4) is 0 Å². The van der Waals surface area contributed by atoms with Crippen molar-refractivity contribution in [2.24, 2.45) is 0 Å². The number of nitrogens with one attached hydrogen (secondary N) is 1. The molecule has 1 aromatic heterocycles. The molecule has 0 unspecified atom stereocenters. The van der Waals surface area contributed by atoms with E-state index in [0.29, 0.717) is 44.8 Å². The zero-order valence-corrected chi connectivity index (χ0v) is 21.8. The van der Waals surface area contributed by atoms with E-state index in [0.717, 1.165) is 41.5 Å². The van der Waals surface area contributed by atoms with Crippen LogP contribution in [-0.2, 0) is 4.79 Å². The highest BCUT2D eigenvalue weighted by Gasteiger charge is 2.28. The number of furan rings is 1. The molecule has 0 saturated carbocycles. The van der Waals surface area contributed by atoms with Gasteiger partial charge in [-0.1, -0.05) is 53.0 Å².